The summed E-state index contributed by atoms with van der Waals surface area (Å²) < 4.78 is 0. The van der Waals surface area contributed by atoms with Gasteiger partial charge in [-0.25, -0.2) is 4.98 Å². The Morgan fingerprint density at radius 2 is 1.69 bits per heavy atom. The van der Waals surface area contributed by atoms with Gasteiger partial charge in [0.25, 0.3) is 0 Å². The predicted octanol–water partition coefficient (Wildman–Crippen LogP) is 2.42. The van der Waals surface area contributed by atoms with Crippen molar-refractivity contribution in [1.82, 2.24) is 14.8 Å². The number of piperazine rings is 1. The normalized spacial score (nSPS) is 13.9. The zero-order chi connectivity index (χ0) is 18.9. The molecular formula is C21H31Cl2N5O. The Morgan fingerprint density at radius 3 is 2.31 bits per heavy atom. The maximum absolute atomic E-state index is 12.9. The smallest absolute Gasteiger partial charge is 0.237 e. The lowest BCUT2D eigenvalue weighted by atomic mass is 10.2. The maximum Gasteiger partial charge on any atom is 0.237 e. The number of nitrogens with two attached hydrogens (primary N) is 1. The highest BCUT2D eigenvalue weighted by molar-refractivity contribution is 5.85. The Labute approximate surface area is 185 Å². The van der Waals surface area contributed by atoms with Gasteiger partial charge in [-0.3, -0.25) is 9.69 Å². The van der Waals surface area contributed by atoms with E-state index in [1.807, 2.05) is 47.5 Å². The van der Waals surface area contributed by atoms with Gasteiger partial charge in [0.2, 0.25) is 5.91 Å². The number of halogens is 2. The summed E-state index contributed by atoms with van der Waals surface area (Å²) in [4.78, 5) is 23.8. The van der Waals surface area contributed by atoms with E-state index in [1.54, 1.807) is 0 Å². The van der Waals surface area contributed by atoms with Gasteiger partial charge in [0.05, 0.1) is 6.54 Å². The number of rotatable bonds is 8. The Kier molecular flexibility index (Phi) is 11.6. The van der Waals surface area contributed by atoms with Crippen molar-refractivity contribution in [2.75, 3.05) is 50.7 Å². The molecular weight excluding hydrogens is 409 g/mol. The lowest BCUT2D eigenvalue weighted by Crippen LogP contribution is -2.50. The topological polar surface area (TPSA) is 65.7 Å². The third-order valence-electron chi connectivity index (χ3n) is 4.91. The number of anilines is 1. The lowest BCUT2D eigenvalue weighted by molar-refractivity contribution is -0.133. The molecule has 2 heterocycles. The van der Waals surface area contributed by atoms with Crippen molar-refractivity contribution in [2.45, 2.75) is 13.0 Å². The van der Waals surface area contributed by atoms with Crippen LogP contribution in [0, 0.1) is 0 Å². The van der Waals surface area contributed by atoms with Crippen LogP contribution in [0.15, 0.2) is 54.7 Å². The van der Waals surface area contributed by atoms with E-state index in [9.17, 15) is 4.79 Å². The molecule has 160 valence electrons. The Morgan fingerprint density at radius 1 is 1.00 bits per heavy atom. The number of carbonyl (C=O) groups excluding carboxylic acids is 1. The van der Waals surface area contributed by atoms with Gasteiger partial charge < -0.3 is 15.5 Å². The molecule has 1 saturated heterocycles. The highest BCUT2D eigenvalue weighted by atomic mass is 35.5. The summed E-state index contributed by atoms with van der Waals surface area (Å²) in [7, 11) is 0. The van der Waals surface area contributed by atoms with Crippen molar-refractivity contribution in [2.24, 2.45) is 5.73 Å². The van der Waals surface area contributed by atoms with Crippen LogP contribution in [0.4, 0.5) is 5.82 Å². The molecule has 1 aromatic heterocycles. The van der Waals surface area contributed by atoms with E-state index in [-0.39, 0.29) is 30.7 Å². The first-order chi connectivity index (χ1) is 13.3. The van der Waals surface area contributed by atoms with E-state index in [1.165, 1.54) is 0 Å². The van der Waals surface area contributed by atoms with Crippen LogP contribution in [-0.4, -0.2) is 66.5 Å². The van der Waals surface area contributed by atoms with Gasteiger partial charge in [-0.15, -0.1) is 24.8 Å². The van der Waals surface area contributed by atoms with Crippen molar-refractivity contribution in [3.8, 4) is 0 Å². The van der Waals surface area contributed by atoms with Crippen LogP contribution in [0.3, 0.4) is 0 Å². The van der Waals surface area contributed by atoms with Crippen molar-refractivity contribution in [3.63, 3.8) is 0 Å². The minimum absolute atomic E-state index is 0. The molecule has 1 amide bonds. The second kappa shape index (κ2) is 13.4. The molecule has 2 N–H and O–H groups in total. The number of aromatic nitrogens is 1. The van der Waals surface area contributed by atoms with Crippen molar-refractivity contribution < 1.29 is 4.79 Å². The van der Waals surface area contributed by atoms with Gasteiger partial charge in [0, 0.05) is 45.5 Å². The summed E-state index contributed by atoms with van der Waals surface area (Å²) in [5.74, 6) is 1.19. The number of benzene rings is 1. The summed E-state index contributed by atoms with van der Waals surface area (Å²) in [6, 6.07) is 16.1. The van der Waals surface area contributed by atoms with Crippen LogP contribution in [0.2, 0.25) is 0 Å². The fourth-order valence-electron chi connectivity index (χ4n) is 3.35. The molecule has 6 nitrogen and oxygen atoms in total. The summed E-state index contributed by atoms with van der Waals surface area (Å²) in [6.07, 6.45) is 2.65. The molecule has 0 aliphatic carbocycles. The Balaban J connectivity index is 0.00000210. The summed E-state index contributed by atoms with van der Waals surface area (Å²) in [5.41, 5.74) is 6.82. The van der Waals surface area contributed by atoms with E-state index < -0.39 is 0 Å². The zero-order valence-electron chi connectivity index (χ0n) is 16.7. The highest BCUT2D eigenvalue weighted by Crippen LogP contribution is 2.13. The molecule has 3 rings (SSSR count). The molecule has 1 fully saturated rings. The fraction of sp³-hybridized carbons (Fsp3) is 0.429. The molecule has 0 atom stereocenters. The average molecular weight is 440 g/mol. The summed E-state index contributed by atoms with van der Waals surface area (Å²) in [6.45, 7) is 5.95. The molecule has 8 heteroatoms. The van der Waals surface area contributed by atoms with Crippen LogP contribution >= 0.6 is 24.8 Å². The van der Waals surface area contributed by atoms with Crippen molar-refractivity contribution in [3.05, 3.63) is 60.3 Å². The first-order valence-corrected chi connectivity index (χ1v) is 9.66. The number of hydrogen-bond acceptors (Lipinski definition) is 5. The van der Waals surface area contributed by atoms with E-state index in [0.717, 1.165) is 44.0 Å². The Bertz CT molecular complexity index is 697. The van der Waals surface area contributed by atoms with Gasteiger partial charge in [-0.2, -0.15) is 0 Å². The van der Waals surface area contributed by atoms with Gasteiger partial charge in [0.1, 0.15) is 5.82 Å². The van der Waals surface area contributed by atoms with E-state index in [0.29, 0.717) is 26.2 Å². The minimum Gasteiger partial charge on any atom is -0.354 e. The minimum atomic E-state index is 0. The molecule has 2 aromatic rings. The molecule has 1 aliphatic rings. The highest BCUT2D eigenvalue weighted by Gasteiger charge is 2.22. The maximum atomic E-state index is 12.9. The molecule has 1 aliphatic heterocycles. The third-order valence-corrected chi connectivity index (χ3v) is 4.91. The second-order valence-electron chi connectivity index (χ2n) is 6.89. The number of nitrogens with zero attached hydrogens (tertiary/aromatic N) is 4. The first kappa shape index (κ1) is 25.2. The molecule has 1 aromatic carbocycles. The van der Waals surface area contributed by atoms with E-state index in [4.69, 9.17) is 5.73 Å². The van der Waals surface area contributed by atoms with Gasteiger partial charge in [-0.1, -0.05) is 36.4 Å². The average Bonchev–Trinajstić information content (AvgIpc) is 2.73. The Hall–Kier alpha value is -1.86. The fourth-order valence-corrected chi connectivity index (χ4v) is 3.35. The van der Waals surface area contributed by atoms with Crippen LogP contribution < -0.4 is 10.6 Å². The molecule has 29 heavy (non-hydrogen) atoms. The van der Waals surface area contributed by atoms with Gasteiger partial charge in [-0.05, 0) is 30.7 Å². The van der Waals surface area contributed by atoms with Crippen LogP contribution in [-0.2, 0) is 11.3 Å². The van der Waals surface area contributed by atoms with Crippen LogP contribution in [0.5, 0.6) is 0 Å². The molecule has 0 bridgehead atoms. The number of hydrogen-bond donors (Lipinski definition) is 1. The first-order valence-electron chi connectivity index (χ1n) is 9.66. The zero-order valence-corrected chi connectivity index (χ0v) is 18.3. The third kappa shape index (κ3) is 7.82. The van der Waals surface area contributed by atoms with Crippen LogP contribution in [0.25, 0.3) is 0 Å². The predicted molar refractivity (Wildman–Crippen MR) is 123 cm³/mol. The number of carbonyl (C=O) groups is 1. The van der Waals surface area contributed by atoms with Gasteiger partial charge >= 0.3 is 0 Å². The number of amides is 1. The number of pyridine rings is 1. The van der Waals surface area contributed by atoms with Crippen molar-refractivity contribution >= 4 is 36.5 Å². The van der Waals surface area contributed by atoms with E-state index in [2.05, 4.69) is 26.9 Å². The molecule has 0 saturated carbocycles. The van der Waals surface area contributed by atoms with Gasteiger partial charge in [0.15, 0.2) is 0 Å². The summed E-state index contributed by atoms with van der Waals surface area (Å²) in [5, 5.41) is 0. The molecule has 0 spiro atoms. The summed E-state index contributed by atoms with van der Waals surface area (Å²) >= 11 is 0. The quantitative estimate of drug-likeness (QED) is 0.683. The molecule has 0 radical (unpaired) electrons. The SMILES string of the molecule is Cl.Cl.NCCCN(Cc1ccccc1)C(=O)CN1CCN(c2ccccn2)CC1. The second-order valence-corrected chi connectivity index (χ2v) is 6.89. The molecule has 0 unspecified atom stereocenters. The van der Waals surface area contributed by atoms with Crippen LogP contribution in [0.1, 0.15) is 12.0 Å². The largest absolute Gasteiger partial charge is 0.354 e. The van der Waals surface area contributed by atoms with Crippen molar-refractivity contribution in [1.29, 1.82) is 0 Å². The standard InChI is InChI=1S/C21H29N5O.2ClH/c22-10-6-12-26(17-19-7-2-1-3-8-19)21(27)18-24-13-15-25(16-14-24)20-9-4-5-11-23-20;;/h1-5,7-9,11H,6,10,12-18,22H2;2*1H. The lowest BCUT2D eigenvalue weighted by Gasteiger charge is -2.36. The van der Waals surface area contributed by atoms with E-state index >= 15 is 0 Å². The monoisotopic (exact) mass is 439 g/mol.